The second-order valence-electron chi connectivity index (χ2n) is 5.39. The molecule has 3 aromatic rings. The van der Waals surface area contributed by atoms with E-state index in [9.17, 15) is 4.79 Å². The van der Waals surface area contributed by atoms with Gasteiger partial charge in [0.1, 0.15) is 4.83 Å². The molecule has 2 aromatic heterocycles. The van der Waals surface area contributed by atoms with Gasteiger partial charge in [0.05, 0.1) is 24.2 Å². The Hall–Kier alpha value is -2.45. The Labute approximate surface area is 131 Å². The Kier molecular flexibility index (Phi) is 3.05. The molecule has 0 fully saturated rings. The molecule has 108 valence electrons. The van der Waals surface area contributed by atoms with Gasteiger partial charge in [-0.15, -0.1) is 11.3 Å². The molecule has 0 unspecified atom stereocenters. The highest BCUT2D eigenvalue weighted by Crippen LogP contribution is 2.41. The maximum Gasteiger partial charge on any atom is 0.262 e. The van der Waals surface area contributed by atoms with E-state index in [0.717, 1.165) is 28.8 Å². The van der Waals surface area contributed by atoms with Crippen LogP contribution in [0.25, 0.3) is 21.3 Å². The van der Waals surface area contributed by atoms with Crippen molar-refractivity contribution in [1.29, 1.82) is 5.26 Å². The lowest BCUT2D eigenvalue weighted by Crippen LogP contribution is -2.20. The largest absolute Gasteiger partial charge is 0.298 e. The fourth-order valence-electron chi connectivity index (χ4n) is 3.09. The van der Waals surface area contributed by atoms with Crippen molar-refractivity contribution in [1.82, 2.24) is 9.55 Å². The highest BCUT2D eigenvalue weighted by atomic mass is 32.1. The number of benzene rings is 1. The molecule has 0 amide bonds. The molecule has 1 aliphatic rings. The number of hydrogen-bond acceptors (Lipinski definition) is 4. The van der Waals surface area contributed by atoms with Gasteiger partial charge in [0.2, 0.25) is 0 Å². The van der Waals surface area contributed by atoms with Gasteiger partial charge in [0.15, 0.2) is 0 Å². The molecule has 1 aromatic carbocycles. The predicted molar refractivity (Wildman–Crippen MR) is 87.0 cm³/mol. The average Bonchev–Trinajstić information content (AvgIpc) is 2.94. The smallest absolute Gasteiger partial charge is 0.262 e. The van der Waals surface area contributed by atoms with Crippen LogP contribution < -0.4 is 5.56 Å². The van der Waals surface area contributed by atoms with Crippen LogP contribution in [0.4, 0.5) is 0 Å². The van der Waals surface area contributed by atoms with Crippen LogP contribution in [0.2, 0.25) is 0 Å². The second kappa shape index (κ2) is 5.08. The molecule has 2 heterocycles. The first-order chi connectivity index (χ1) is 10.8. The summed E-state index contributed by atoms with van der Waals surface area (Å²) in [6, 6.07) is 10.4. The minimum Gasteiger partial charge on any atom is -0.298 e. The van der Waals surface area contributed by atoms with Crippen molar-refractivity contribution < 1.29 is 0 Å². The molecule has 0 saturated heterocycles. The average molecular weight is 307 g/mol. The second-order valence-corrected chi connectivity index (χ2v) is 6.47. The standard InChI is InChI=1S/C17H13N3OS/c18-8-3-9-20-10-19-16-15(17(20)21)14-12-5-2-1-4-11(12)6-7-13(14)22-16/h1-2,4-5,10H,3,6-7,9H2. The van der Waals surface area contributed by atoms with Gasteiger partial charge in [-0.3, -0.25) is 9.36 Å². The van der Waals surface area contributed by atoms with Gasteiger partial charge < -0.3 is 0 Å². The first kappa shape index (κ1) is 13.2. The number of nitriles is 1. The fraction of sp³-hybridized carbons (Fsp3) is 0.235. The molecule has 4 rings (SSSR count). The topological polar surface area (TPSA) is 58.7 Å². The summed E-state index contributed by atoms with van der Waals surface area (Å²) in [6.45, 7) is 0.393. The molecule has 0 bridgehead atoms. The van der Waals surface area contributed by atoms with E-state index in [-0.39, 0.29) is 5.56 Å². The van der Waals surface area contributed by atoms with Gasteiger partial charge in [-0.1, -0.05) is 24.3 Å². The van der Waals surface area contributed by atoms with Crippen LogP contribution in [0.3, 0.4) is 0 Å². The zero-order chi connectivity index (χ0) is 15.1. The van der Waals surface area contributed by atoms with Crippen LogP contribution in [-0.2, 0) is 19.4 Å². The monoisotopic (exact) mass is 307 g/mol. The number of fused-ring (bicyclic) bond motifs is 5. The van der Waals surface area contributed by atoms with Crippen LogP contribution in [0.5, 0.6) is 0 Å². The van der Waals surface area contributed by atoms with Crippen LogP contribution in [0.1, 0.15) is 16.9 Å². The Morgan fingerprint density at radius 3 is 3.05 bits per heavy atom. The first-order valence-corrected chi connectivity index (χ1v) is 8.07. The molecule has 0 spiro atoms. The van der Waals surface area contributed by atoms with Gasteiger partial charge in [-0.2, -0.15) is 5.26 Å². The third-order valence-electron chi connectivity index (χ3n) is 4.12. The Morgan fingerprint density at radius 2 is 2.18 bits per heavy atom. The quantitative estimate of drug-likeness (QED) is 0.731. The normalized spacial score (nSPS) is 12.7. The Balaban J connectivity index is 2.02. The van der Waals surface area contributed by atoms with Gasteiger partial charge in [0, 0.05) is 17.0 Å². The first-order valence-electron chi connectivity index (χ1n) is 7.25. The van der Waals surface area contributed by atoms with Crippen molar-refractivity contribution >= 4 is 21.6 Å². The van der Waals surface area contributed by atoms with E-state index >= 15 is 0 Å². The molecule has 0 atom stereocenters. The summed E-state index contributed by atoms with van der Waals surface area (Å²) in [5, 5.41) is 9.45. The summed E-state index contributed by atoms with van der Waals surface area (Å²) in [7, 11) is 0. The van der Waals surface area contributed by atoms with E-state index < -0.39 is 0 Å². The summed E-state index contributed by atoms with van der Waals surface area (Å²) in [6.07, 6.45) is 3.86. The molecular formula is C17H13N3OS. The summed E-state index contributed by atoms with van der Waals surface area (Å²) >= 11 is 1.62. The van der Waals surface area contributed by atoms with Gasteiger partial charge >= 0.3 is 0 Å². The van der Waals surface area contributed by atoms with Crippen molar-refractivity contribution in [3.8, 4) is 17.2 Å². The molecular weight excluding hydrogens is 294 g/mol. The van der Waals surface area contributed by atoms with Crippen molar-refractivity contribution in [2.75, 3.05) is 0 Å². The van der Waals surface area contributed by atoms with Gasteiger partial charge in [0.25, 0.3) is 5.56 Å². The zero-order valence-corrected chi connectivity index (χ0v) is 12.7. The van der Waals surface area contributed by atoms with Crippen molar-refractivity contribution in [2.45, 2.75) is 25.8 Å². The Bertz CT molecular complexity index is 978. The lowest BCUT2D eigenvalue weighted by molar-refractivity contribution is 0.679. The zero-order valence-electron chi connectivity index (χ0n) is 11.9. The van der Waals surface area contributed by atoms with Crippen LogP contribution in [0.15, 0.2) is 35.4 Å². The van der Waals surface area contributed by atoms with Crippen LogP contribution in [0, 0.1) is 11.3 Å². The third kappa shape index (κ3) is 1.88. The van der Waals surface area contributed by atoms with E-state index in [0.29, 0.717) is 18.4 Å². The summed E-state index contributed by atoms with van der Waals surface area (Å²) in [4.78, 5) is 19.3. The number of aromatic nitrogens is 2. The lowest BCUT2D eigenvalue weighted by atomic mass is 9.89. The van der Waals surface area contributed by atoms with E-state index in [1.54, 1.807) is 22.2 Å². The van der Waals surface area contributed by atoms with Gasteiger partial charge in [-0.05, 0) is 24.0 Å². The summed E-state index contributed by atoms with van der Waals surface area (Å²) in [5.74, 6) is 0. The maximum atomic E-state index is 12.8. The minimum absolute atomic E-state index is 0.0329. The summed E-state index contributed by atoms with van der Waals surface area (Å²) in [5.41, 5.74) is 3.48. The van der Waals surface area contributed by atoms with Crippen LogP contribution >= 0.6 is 11.3 Å². The highest BCUT2D eigenvalue weighted by Gasteiger charge is 2.23. The molecule has 0 radical (unpaired) electrons. The molecule has 22 heavy (non-hydrogen) atoms. The fourth-order valence-corrected chi connectivity index (χ4v) is 4.24. The molecule has 0 aliphatic heterocycles. The molecule has 4 nitrogen and oxygen atoms in total. The molecule has 5 heteroatoms. The number of aryl methyl sites for hydroxylation is 3. The third-order valence-corrected chi connectivity index (χ3v) is 5.28. The number of rotatable bonds is 2. The van der Waals surface area contributed by atoms with Crippen molar-refractivity contribution in [3.63, 3.8) is 0 Å². The van der Waals surface area contributed by atoms with Crippen molar-refractivity contribution in [3.05, 3.63) is 51.4 Å². The number of thiophene rings is 1. The predicted octanol–water partition coefficient (Wildman–Crippen LogP) is 3.14. The minimum atomic E-state index is -0.0329. The molecule has 1 aliphatic carbocycles. The summed E-state index contributed by atoms with van der Waals surface area (Å²) < 4.78 is 1.55. The number of hydrogen-bond donors (Lipinski definition) is 0. The van der Waals surface area contributed by atoms with E-state index in [2.05, 4.69) is 23.2 Å². The van der Waals surface area contributed by atoms with E-state index in [1.165, 1.54) is 10.4 Å². The molecule has 0 N–H and O–H groups in total. The van der Waals surface area contributed by atoms with E-state index in [1.807, 2.05) is 12.1 Å². The lowest BCUT2D eigenvalue weighted by Gasteiger charge is -2.16. The maximum absolute atomic E-state index is 12.8. The SMILES string of the molecule is N#CCCn1cnc2sc3c(c2c1=O)-c1ccccc1CC3. The van der Waals surface area contributed by atoms with E-state index in [4.69, 9.17) is 5.26 Å². The van der Waals surface area contributed by atoms with Crippen LogP contribution in [-0.4, -0.2) is 9.55 Å². The highest BCUT2D eigenvalue weighted by molar-refractivity contribution is 7.19. The Morgan fingerprint density at radius 1 is 1.32 bits per heavy atom. The number of nitrogens with zero attached hydrogens (tertiary/aromatic N) is 3. The molecule has 0 saturated carbocycles. The van der Waals surface area contributed by atoms with Crippen molar-refractivity contribution in [2.24, 2.45) is 0 Å². The van der Waals surface area contributed by atoms with Gasteiger partial charge in [-0.25, -0.2) is 4.98 Å².